The highest BCUT2D eigenvalue weighted by Gasteiger charge is 2.31. The summed E-state index contributed by atoms with van der Waals surface area (Å²) in [7, 11) is 1.69. The van der Waals surface area contributed by atoms with Gasteiger partial charge >= 0.3 is 0 Å². The summed E-state index contributed by atoms with van der Waals surface area (Å²) in [6.45, 7) is 8.99. The molecule has 0 N–H and O–H groups in total. The minimum atomic E-state index is -0.457. The number of morpholine rings is 1. The fraction of sp³-hybridized carbons (Fsp3) is 0.519. The maximum absolute atomic E-state index is 13.6. The number of nitrogens with zero attached hydrogens (tertiary/aromatic N) is 2. The lowest BCUT2D eigenvalue weighted by atomic mass is 10.0. The Bertz CT molecular complexity index is 945. The van der Waals surface area contributed by atoms with Crippen molar-refractivity contribution in [1.82, 2.24) is 9.80 Å². The molecule has 6 heteroatoms. The van der Waals surface area contributed by atoms with Crippen LogP contribution in [0.4, 0.5) is 0 Å². The molecular formula is C27H36N2O4. The highest BCUT2D eigenvalue weighted by atomic mass is 16.5. The molecule has 2 aromatic carbocycles. The van der Waals surface area contributed by atoms with Crippen LogP contribution in [0.1, 0.15) is 37.0 Å². The monoisotopic (exact) mass is 452 g/mol. The molecule has 2 heterocycles. The number of methoxy groups -OCH3 is 1. The zero-order valence-electron chi connectivity index (χ0n) is 20.1. The lowest BCUT2D eigenvalue weighted by Crippen LogP contribution is -2.51. The van der Waals surface area contributed by atoms with E-state index in [9.17, 15) is 4.79 Å². The number of hydrogen-bond acceptors (Lipinski definition) is 5. The average Bonchev–Trinajstić information content (AvgIpc) is 2.83. The second-order valence-electron chi connectivity index (χ2n) is 9.41. The molecule has 0 unspecified atom stereocenters. The molecule has 1 saturated heterocycles. The molecule has 4 rings (SSSR count). The molecule has 6 nitrogen and oxygen atoms in total. The van der Waals surface area contributed by atoms with Gasteiger partial charge in [-0.25, -0.2) is 0 Å². The zero-order valence-corrected chi connectivity index (χ0v) is 20.1. The first-order valence-corrected chi connectivity index (χ1v) is 12.0. The summed E-state index contributed by atoms with van der Waals surface area (Å²) in [4.78, 5) is 17.8. The third-order valence-electron chi connectivity index (χ3n) is 6.26. The molecule has 0 saturated carbocycles. The van der Waals surface area contributed by atoms with Gasteiger partial charge in [0.25, 0.3) is 5.91 Å². The van der Waals surface area contributed by atoms with Crippen LogP contribution < -0.4 is 9.47 Å². The maximum atomic E-state index is 13.6. The molecule has 0 aromatic heterocycles. The van der Waals surface area contributed by atoms with E-state index in [2.05, 4.69) is 43.0 Å². The number of rotatable bonds is 8. The Hall–Kier alpha value is -2.57. The minimum absolute atomic E-state index is 0.0621. The molecule has 0 radical (unpaired) electrons. The van der Waals surface area contributed by atoms with Crippen molar-refractivity contribution in [3.63, 3.8) is 0 Å². The van der Waals surface area contributed by atoms with Gasteiger partial charge in [0.2, 0.25) is 0 Å². The standard InChI is InChI=1S/C27H36N2O4/c1-20(2)16-29(17-21-10-11-22-8-6-13-32-25(22)15-21)27(30)26-19-28(12-14-33-26)18-23-7-4-5-9-24(23)31-3/h4-5,7,9-11,15,20,26H,6,8,12-14,16-19H2,1-3H3/t26-/m1/s1. The van der Waals surface area contributed by atoms with Crippen LogP contribution in [0.15, 0.2) is 42.5 Å². The molecule has 2 aliphatic rings. The van der Waals surface area contributed by atoms with Crippen LogP contribution in [0.5, 0.6) is 11.5 Å². The van der Waals surface area contributed by atoms with E-state index in [1.807, 2.05) is 23.1 Å². The minimum Gasteiger partial charge on any atom is -0.496 e. The van der Waals surface area contributed by atoms with Gasteiger partial charge in [-0.1, -0.05) is 44.2 Å². The zero-order chi connectivity index (χ0) is 23.2. The normalized spacial score (nSPS) is 18.5. The predicted molar refractivity (Wildman–Crippen MR) is 129 cm³/mol. The molecule has 0 bridgehead atoms. The van der Waals surface area contributed by atoms with E-state index >= 15 is 0 Å². The number of benzene rings is 2. The Morgan fingerprint density at radius 2 is 2.06 bits per heavy atom. The lowest BCUT2D eigenvalue weighted by molar-refractivity contribution is -0.151. The van der Waals surface area contributed by atoms with Gasteiger partial charge in [-0.15, -0.1) is 0 Å². The summed E-state index contributed by atoms with van der Waals surface area (Å²) in [6.07, 6.45) is 1.66. The number of carbonyl (C=O) groups excluding carboxylic acids is 1. The predicted octanol–water partition coefficient (Wildman–Crippen LogP) is 3.91. The van der Waals surface area contributed by atoms with Crippen LogP contribution in [-0.4, -0.2) is 61.8 Å². The lowest BCUT2D eigenvalue weighted by Gasteiger charge is -2.36. The second kappa shape index (κ2) is 11.0. The average molecular weight is 453 g/mol. The van der Waals surface area contributed by atoms with Crippen molar-refractivity contribution in [3.8, 4) is 11.5 Å². The molecule has 2 aromatic rings. The molecule has 1 amide bonds. The van der Waals surface area contributed by atoms with E-state index in [1.165, 1.54) is 5.56 Å². The van der Waals surface area contributed by atoms with Gasteiger partial charge in [-0.3, -0.25) is 9.69 Å². The topological polar surface area (TPSA) is 51.2 Å². The van der Waals surface area contributed by atoms with Crippen molar-refractivity contribution >= 4 is 5.91 Å². The number of fused-ring (bicyclic) bond motifs is 1. The largest absolute Gasteiger partial charge is 0.496 e. The van der Waals surface area contributed by atoms with Crippen molar-refractivity contribution in [1.29, 1.82) is 0 Å². The van der Waals surface area contributed by atoms with Crippen LogP contribution in [-0.2, 0) is 29.0 Å². The first-order valence-electron chi connectivity index (χ1n) is 12.0. The van der Waals surface area contributed by atoms with Crippen molar-refractivity contribution in [2.75, 3.05) is 40.0 Å². The van der Waals surface area contributed by atoms with Crippen molar-refractivity contribution in [2.24, 2.45) is 5.92 Å². The van der Waals surface area contributed by atoms with Crippen LogP contribution in [0.2, 0.25) is 0 Å². The summed E-state index contributed by atoms with van der Waals surface area (Å²) in [6, 6.07) is 14.4. The number of carbonyl (C=O) groups is 1. The molecule has 33 heavy (non-hydrogen) atoms. The fourth-order valence-corrected chi connectivity index (χ4v) is 4.65. The third kappa shape index (κ3) is 6.06. The number of para-hydroxylation sites is 1. The Morgan fingerprint density at radius 3 is 2.88 bits per heavy atom. The molecular weight excluding hydrogens is 416 g/mol. The SMILES string of the molecule is COc1ccccc1CN1CCO[C@@H](C(=O)N(Cc2ccc3c(c2)OCCC3)CC(C)C)C1. The van der Waals surface area contributed by atoms with Crippen LogP contribution >= 0.6 is 0 Å². The van der Waals surface area contributed by atoms with Gasteiger partial charge in [0, 0.05) is 38.3 Å². The van der Waals surface area contributed by atoms with Crippen LogP contribution in [0, 0.1) is 5.92 Å². The van der Waals surface area contributed by atoms with E-state index < -0.39 is 6.10 Å². The fourth-order valence-electron chi connectivity index (χ4n) is 4.65. The van der Waals surface area contributed by atoms with Gasteiger partial charge in [0.15, 0.2) is 0 Å². The van der Waals surface area contributed by atoms with Gasteiger partial charge < -0.3 is 19.1 Å². The number of hydrogen-bond donors (Lipinski definition) is 0. The molecule has 1 fully saturated rings. The molecule has 2 aliphatic heterocycles. The van der Waals surface area contributed by atoms with E-state index in [-0.39, 0.29) is 5.91 Å². The molecule has 0 spiro atoms. The first-order chi connectivity index (χ1) is 16.0. The summed E-state index contributed by atoms with van der Waals surface area (Å²) < 4.78 is 17.3. The Labute approximate surface area is 197 Å². The third-order valence-corrected chi connectivity index (χ3v) is 6.26. The van der Waals surface area contributed by atoms with Crippen LogP contribution in [0.25, 0.3) is 0 Å². The van der Waals surface area contributed by atoms with E-state index in [0.29, 0.717) is 32.2 Å². The Morgan fingerprint density at radius 1 is 1.21 bits per heavy atom. The molecule has 178 valence electrons. The second-order valence-corrected chi connectivity index (χ2v) is 9.41. The number of aryl methyl sites for hydroxylation is 1. The van der Waals surface area contributed by atoms with E-state index in [1.54, 1.807) is 7.11 Å². The van der Waals surface area contributed by atoms with Gasteiger partial charge in [0.1, 0.15) is 17.6 Å². The Balaban J connectivity index is 1.44. The summed E-state index contributed by atoms with van der Waals surface area (Å²) in [5, 5.41) is 0. The molecule has 1 atom stereocenters. The number of ether oxygens (including phenoxy) is 3. The van der Waals surface area contributed by atoms with Gasteiger partial charge in [-0.05, 0) is 42.0 Å². The van der Waals surface area contributed by atoms with E-state index in [0.717, 1.165) is 55.2 Å². The summed E-state index contributed by atoms with van der Waals surface area (Å²) in [5.41, 5.74) is 3.49. The highest BCUT2D eigenvalue weighted by Crippen LogP contribution is 2.27. The smallest absolute Gasteiger partial charge is 0.253 e. The first kappa shape index (κ1) is 23.6. The maximum Gasteiger partial charge on any atom is 0.253 e. The van der Waals surface area contributed by atoms with Gasteiger partial charge in [0.05, 0.1) is 20.3 Å². The van der Waals surface area contributed by atoms with Crippen molar-refractivity contribution in [2.45, 2.75) is 45.9 Å². The number of amides is 1. The van der Waals surface area contributed by atoms with Gasteiger partial charge in [-0.2, -0.15) is 0 Å². The Kier molecular flexibility index (Phi) is 7.89. The summed E-state index contributed by atoms with van der Waals surface area (Å²) >= 11 is 0. The van der Waals surface area contributed by atoms with Crippen molar-refractivity contribution < 1.29 is 19.0 Å². The van der Waals surface area contributed by atoms with E-state index in [4.69, 9.17) is 14.2 Å². The van der Waals surface area contributed by atoms with Crippen LogP contribution in [0.3, 0.4) is 0 Å². The van der Waals surface area contributed by atoms with Crippen molar-refractivity contribution in [3.05, 3.63) is 59.2 Å². The molecule has 0 aliphatic carbocycles. The summed E-state index contributed by atoms with van der Waals surface area (Å²) in [5.74, 6) is 2.28. The highest BCUT2D eigenvalue weighted by molar-refractivity contribution is 5.81. The quantitative estimate of drug-likeness (QED) is 0.608.